The molecule has 0 fully saturated rings. The molecule has 30 heavy (non-hydrogen) atoms. The molecule has 1 aliphatic carbocycles. The third kappa shape index (κ3) is 2.65. The number of nitrogens with one attached hydrogen (secondary N) is 1. The normalized spacial score (nSPS) is 21.1. The maximum absolute atomic E-state index is 11.9. The molecule has 3 atom stereocenters. The number of benzene rings is 3. The van der Waals surface area contributed by atoms with Gasteiger partial charge in [-0.15, -0.1) is 0 Å². The highest BCUT2D eigenvalue weighted by atomic mass is 16.5. The molecule has 3 aromatic carbocycles. The molecule has 1 N–H and O–H groups in total. The third-order valence-corrected chi connectivity index (χ3v) is 6.42. The fourth-order valence-electron chi connectivity index (χ4n) is 5.22. The second-order valence-electron chi connectivity index (χ2n) is 7.81. The first kappa shape index (κ1) is 18.6. The molecule has 5 nitrogen and oxygen atoms in total. The zero-order valence-electron chi connectivity index (χ0n) is 16.8. The lowest BCUT2D eigenvalue weighted by atomic mass is 9.74. The van der Waals surface area contributed by atoms with Crippen LogP contribution in [0, 0.1) is 5.92 Å². The molecule has 5 heteroatoms. The first-order valence-corrected chi connectivity index (χ1v) is 10.0. The van der Waals surface area contributed by atoms with Crippen LogP contribution in [-0.2, 0) is 6.42 Å². The fraction of sp³-hybridized carbons (Fsp3) is 0.240. The molecule has 1 heterocycles. The van der Waals surface area contributed by atoms with E-state index in [-0.39, 0.29) is 23.4 Å². The number of hydrogen-bond donors (Lipinski definition) is 1. The Hall–Kier alpha value is -3.47. The van der Waals surface area contributed by atoms with Crippen LogP contribution < -0.4 is 19.9 Å². The van der Waals surface area contributed by atoms with E-state index in [0.29, 0.717) is 17.2 Å². The Morgan fingerprint density at radius 1 is 0.933 bits per heavy atom. The lowest BCUT2D eigenvalue weighted by Crippen LogP contribution is -2.33. The molecule has 0 saturated heterocycles. The minimum Gasteiger partial charge on any atom is -0.545 e. The molecule has 5 rings (SSSR count). The van der Waals surface area contributed by atoms with Crippen LogP contribution in [0.1, 0.15) is 44.6 Å². The molecule has 0 bridgehead atoms. The predicted octanol–water partition coefficient (Wildman–Crippen LogP) is 3.54. The molecule has 0 unspecified atom stereocenters. The second-order valence-corrected chi connectivity index (χ2v) is 7.81. The van der Waals surface area contributed by atoms with Crippen LogP contribution in [0.25, 0.3) is 0 Å². The molecular weight excluding hydrogens is 378 g/mol. The van der Waals surface area contributed by atoms with E-state index >= 15 is 0 Å². The van der Waals surface area contributed by atoms with Crippen molar-refractivity contribution in [2.75, 3.05) is 19.5 Å². The molecule has 0 saturated carbocycles. The van der Waals surface area contributed by atoms with Crippen molar-refractivity contribution in [3.63, 3.8) is 0 Å². The lowest BCUT2D eigenvalue weighted by molar-refractivity contribution is -0.254. The third-order valence-electron chi connectivity index (χ3n) is 6.42. The number of hydrogen-bond acceptors (Lipinski definition) is 5. The number of carboxylic acids is 1. The Morgan fingerprint density at radius 2 is 1.67 bits per heavy atom. The van der Waals surface area contributed by atoms with Crippen LogP contribution in [0.5, 0.6) is 11.5 Å². The van der Waals surface area contributed by atoms with Crippen molar-refractivity contribution < 1.29 is 19.4 Å². The number of carboxylic acid groups (broad SMARTS) is 1. The predicted molar refractivity (Wildman–Crippen MR) is 112 cm³/mol. The number of carbonyl (C=O) groups excluding carboxylic acids is 1. The Bertz CT molecular complexity index is 1140. The molecule has 0 radical (unpaired) electrons. The van der Waals surface area contributed by atoms with Crippen LogP contribution >= 0.6 is 0 Å². The van der Waals surface area contributed by atoms with E-state index in [2.05, 4.69) is 23.5 Å². The van der Waals surface area contributed by atoms with Gasteiger partial charge >= 0.3 is 0 Å². The molecule has 1 aliphatic heterocycles. The quantitative estimate of drug-likeness (QED) is 0.725. The zero-order chi connectivity index (χ0) is 20.8. The van der Waals surface area contributed by atoms with Crippen molar-refractivity contribution in [3.8, 4) is 11.5 Å². The number of anilines is 1. The Labute approximate surface area is 175 Å². The summed E-state index contributed by atoms with van der Waals surface area (Å²) in [6.07, 6.45) is 0.897. The topological polar surface area (TPSA) is 70.6 Å². The highest BCUT2D eigenvalue weighted by Crippen LogP contribution is 2.55. The summed E-state index contributed by atoms with van der Waals surface area (Å²) in [6, 6.07) is 19.5. The van der Waals surface area contributed by atoms with Crippen molar-refractivity contribution in [1.29, 1.82) is 0 Å². The van der Waals surface area contributed by atoms with E-state index < -0.39 is 5.97 Å². The van der Waals surface area contributed by atoms with Gasteiger partial charge in [-0.3, -0.25) is 0 Å². The SMILES string of the molecule is COc1cccc([C@H]2Nc3c(C(=O)[O-])cccc3[C@H]3c4ccccc4C[C@H]32)c1OC. The molecule has 0 aromatic heterocycles. The Balaban J connectivity index is 1.74. The van der Waals surface area contributed by atoms with Gasteiger partial charge in [-0.1, -0.05) is 54.6 Å². The van der Waals surface area contributed by atoms with Crippen molar-refractivity contribution in [2.45, 2.75) is 18.4 Å². The first-order chi connectivity index (χ1) is 14.6. The number of carbonyl (C=O) groups is 1. The summed E-state index contributed by atoms with van der Waals surface area (Å²) in [5.41, 5.74) is 5.33. The maximum Gasteiger partial charge on any atom is 0.165 e. The molecule has 3 aromatic rings. The lowest BCUT2D eigenvalue weighted by Gasteiger charge is -2.39. The first-order valence-electron chi connectivity index (χ1n) is 10.0. The van der Waals surface area contributed by atoms with E-state index in [1.807, 2.05) is 30.3 Å². The average molecular weight is 400 g/mol. The largest absolute Gasteiger partial charge is 0.545 e. The van der Waals surface area contributed by atoms with Crippen molar-refractivity contribution in [3.05, 3.63) is 88.5 Å². The van der Waals surface area contributed by atoms with Crippen LogP contribution in [0.4, 0.5) is 5.69 Å². The Morgan fingerprint density at radius 3 is 2.43 bits per heavy atom. The summed E-state index contributed by atoms with van der Waals surface area (Å²) in [6.45, 7) is 0. The summed E-state index contributed by atoms with van der Waals surface area (Å²) in [5.74, 6) is 0.454. The number of aromatic carboxylic acids is 1. The van der Waals surface area contributed by atoms with E-state index in [4.69, 9.17) is 9.47 Å². The molecular formula is C25H22NO4-. The maximum atomic E-state index is 11.9. The number of rotatable bonds is 4. The monoisotopic (exact) mass is 400 g/mol. The molecule has 0 amide bonds. The molecule has 2 aliphatic rings. The zero-order valence-corrected chi connectivity index (χ0v) is 16.8. The number of methoxy groups -OCH3 is 2. The number of fused-ring (bicyclic) bond motifs is 5. The number of ether oxygens (including phenoxy) is 2. The molecule has 0 spiro atoms. The van der Waals surface area contributed by atoms with Crippen molar-refractivity contribution >= 4 is 11.7 Å². The smallest absolute Gasteiger partial charge is 0.165 e. The van der Waals surface area contributed by atoms with Gasteiger partial charge in [0.25, 0.3) is 0 Å². The van der Waals surface area contributed by atoms with Crippen molar-refractivity contribution in [2.24, 2.45) is 5.92 Å². The standard InChI is InChI=1S/C25H23NO4/c1-29-20-12-6-10-17(24(20)30-2)23-19-13-14-7-3-4-8-15(14)21(19)16-9-5-11-18(25(27)28)22(16)26-23/h3-12,19,21,23,26H,13H2,1-2H3,(H,27,28)/p-1/t19-,21-,23-/m1/s1. The van der Waals surface area contributed by atoms with Gasteiger partial charge < -0.3 is 24.7 Å². The van der Waals surface area contributed by atoms with Gasteiger partial charge in [0.2, 0.25) is 0 Å². The highest BCUT2D eigenvalue weighted by Gasteiger charge is 2.44. The van der Waals surface area contributed by atoms with Crippen LogP contribution in [0.15, 0.2) is 60.7 Å². The van der Waals surface area contributed by atoms with Gasteiger partial charge in [0.15, 0.2) is 11.5 Å². The summed E-state index contributed by atoms with van der Waals surface area (Å²) >= 11 is 0. The summed E-state index contributed by atoms with van der Waals surface area (Å²) < 4.78 is 11.2. The minimum absolute atomic E-state index is 0.0951. The van der Waals surface area contributed by atoms with Crippen LogP contribution in [0.3, 0.4) is 0 Å². The van der Waals surface area contributed by atoms with E-state index in [1.54, 1.807) is 26.4 Å². The van der Waals surface area contributed by atoms with Gasteiger partial charge in [0.1, 0.15) is 0 Å². The molecule has 152 valence electrons. The van der Waals surface area contributed by atoms with Gasteiger partial charge in [0.05, 0.1) is 26.2 Å². The van der Waals surface area contributed by atoms with E-state index in [9.17, 15) is 9.90 Å². The second kappa shape index (κ2) is 7.10. The van der Waals surface area contributed by atoms with E-state index in [1.165, 1.54) is 11.1 Å². The highest BCUT2D eigenvalue weighted by molar-refractivity contribution is 5.94. The van der Waals surface area contributed by atoms with Crippen LogP contribution in [0.2, 0.25) is 0 Å². The average Bonchev–Trinajstić information content (AvgIpc) is 3.17. The summed E-state index contributed by atoms with van der Waals surface area (Å²) in [7, 11) is 3.25. The number of para-hydroxylation sites is 2. The summed E-state index contributed by atoms with van der Waals surface area (Å²) in [4.78, 5) is 11.9. The van der Waals surface area contributed by atoms with Gasteiger partial charge in [0, 0.05) is 22.7 Å². The van der Waals surface area contributed by atoms with E-state index in [0.717, 1.165) is 17.5 Å². The fourth-order valence-corrected chi connectivity index (χ4v) is 5.22. The van der Waals surface area contributed by atoms with Gasteiger partial charge in [-0.2, -0.15) is 0 Å². The van der Waals surface area contributed by atoms with Gasteiger partial charge in [-0.05, 0) is 35.1 Å². The summed E-state index contributed by atoms with van der Waals surface area (Å²) in [5, 5.41) is 15.4. The van der Waals surface area contributed by atoms with Crippen molar-refractivity contribution in [1.82, 2.24) is 0 Å². The van der Waals surface area contributed by atoms with Crippen LogP contribution in [-0.4, -0.2) is 20.2 Å². The Kier molecular flexibility index (Phi) is 4.39. The van der Waals surface area contributed by atoms with Gasteiger partial charge in [-0.25, -0.2) is 0 Å². The minimum atomic E-state index is -1.18.